The molecule has 1 rings (SSSR count). The Hall–Kier alpha value is -1.71. The summed E-state index contributed by atoms with van der Waals surface area (Å²) in [4.78, 5) is 25.2. The van der Waals surface area contributed by atoms with Gasteiger partial charge in [0.25, 0.3) is 0 Å². The summed E-state index contributed by atoms with van der Waals surface area (Å²) >= 11 is 0. The van der Waals surface area contributed by atoms with Gasteiger partial charge in [0.2, 0.25) is 21.4 Å². The van der Waals surface area contributed by atoms with E-state index in [1.807, 2.05) is 0 Å². The van der Waals surface area contributed by atoms with E-state index in [9.17, 15) is 18.0 Å². The molecule has 0 aromatic carbocycles. The van der Waals surface area contributed by atoms with Crippen LogP contribution in [0.25, 0.3) is 0 Å². The number of rotatable bonds is 7. The van der Waals surface area contributed by atoms with Crippen LogP contribution in [0.2, 0.25) is 0 Å². The van der Waals surface area contributed by atoms with Crippen molar-refractivity contribution in [2.24, 2.45) is 0 Å². The predicted molar refractivity (Wildman–Crippen MR) is 71.7 cm³/mol. The second-order valence-electron chi connectivity index (χ2n) is 4.00. The second kappa shape index (κ2) is 7.17. The van der Waals surface area contributed by atoms with E-state index in [2.05, 4.69) is 15.0 Å². The van der Waals surface area contributed by atoms with Gasteiger partial charge >= 0.3 is 0 Å². The minimum atomic E-state index is -4.05. The lowest BCUT2D eigenvalue weighted by molar-refractivity contribution is -0.122. The van der Waals surface area contributed by atoms with E-state index >= 15 is 0 Å². The molecular formula is C11H17N3O5S. The van der Waals surface area contributed by atoms with Crippen LogP contribution in [0.3, 0.4) is 0 Å². The standard InChI is InChI=1S/C11H17N3O5S/c1-8(11(16)13-5-6-19-2)14-20(17,18)10-7-12-4-3-9(10)15/h3-4,7-8,14H,5-6H2,1-2H3,(H,12,15)(H,13,16). The number of methoxy groups -OCH3 is 1. The molecule has 0 aliphatic rings. The summed E-state index contributed by atoms with van der Waals surface area (Å²) in [5.41, 5.74) is -0.650. The van der Waals surface area contributed by atoms with Crippen molar-refractivity contribution in [1.82, 2.24) is 15.0 Å². The molecule has 1 aromatic rings. The van der Waals surface area contributed by atoms with Crippen LogP contribution < -0.4 is 15.5 Å². The van der Waals surface area contributed by atoms with Crippen LogP contribution in [0.1, 0.15) is 6.92 Å². The third-order valence-electron chi connectivity index (χ3n) is 2.41. The number of hydrogen-bond donors (Lipinski definition) is 3. The molecule has 3 N–H and O–H groups in total. The maximum absolute atomic E-state index is 12.0. The van der Waals surface area contributed by atoms with Gasteiger partial charge in [0.15, 0.2) is 0 Å². The molecule has 0 aliphatic heterocycles. The van der Waals surface area contributed by atoms with Crippen molar-refractivity contribution in [2.45, 2.75) is 17.9 Å². The molecule has 0 saturated heterocycles. The van der Waals surface area contributed by atoms with Gasteiger partial charge in [-0.25, -0.2) is 8.42 Å². The average Bonchev–Trinajstić information content (AvgIpc) is 2.38. The minimum Gasteiger partial charge on any atom is -0.383 e. The maximum Gasteiger partial charge on any atom is 0.246 e. The van der Waals surface area contributed by atoms with E-state index in [4.69, 9.17) is 4.74 Å². The first-order valence-electron chi connectivity index (χ1n) is 5.84. The Kier molecular flexibility index (Phi) is 5.86. The van der Waals surface area contributed by atoms with Gasteiger partial charge in [-0.1, -0.05) is 0 Å². The summed E-state index contributed by atoms with van der Waals surface area (Å²) in [6.45, 7) is 1.98. The number of ether oxygens (including phenoxy) is 1. The molecule has 1 aromatic heterocycles. The molecule has 0 fully saturated rings. The Morgan fingerprint density at radius 2 is 2.20 bits per heavy atom. The van der Waals surface area contributed by atoms with Crippen LogP contribution in [-0.4, -0.2) is 45.6 Å². The monoisotopic (exact) mass is 303 g/mol. The lowest BCUT2D eigenvalue weighted by atomic mass is 10.3. The summed E-state index contributed by atoms with van der Waals surface area (Å²) < 4.78 is 30.8. The van der Waals surface area contributed by atoms with E-state index in [1.165, 1.54) is 20.2 Å². The molecule has 1 atom stereocenters. The largest absolute Gasteiger partial charge is 0.383 e. The fourth-order valence-electron chi connectivity index (χ4n) is 1.39. The lowest BCUT2D eigenvalue weighted by Gasteiger charge is -2.13. The molecule has 0 bridgehead atoms. The number of pyridine rings is 1. The quantitative estimate of drug-likeness (QED) is 0.547. The van der Waals surface area contributed by atoms with Gasteiger partial charge in [-0.2, -0.15) is 4.72 Å². The van der Waals surface area contributed by atoms with Gasteiger partial charge < -0.3 is 15.0 Å². The first kappa shape index (κ1) is 16.3. The van der Waals surface area contributed by atoms with Crippen molar-refractivity contribution < 1.29 is 17.9 Å². The number of sulfonamides is 1. The number of aromatic nitrogens is 1. The summed E-state index contributed by atoms with van der Waals surface area (Å²) in [6, 6.07) is 0.0919. The highest BCUT2D eigenvalue weighted by atomic mass is 32.2. The summed E-state index contributed by atoms with van der Waals surface area (Å²) in [6.07, 6.45) is 2.39. The molecule has 0 spiro atoms. The number of hydrogen-bond acceptors (Lipinski definition) is 5. The molecule has 1 heterocycles. The molecule has 0 saturated carbocycles. The number of carbonyl (C=O) groups excluding carboxylic acids is 1. The summed E-state index contributed by atoms with van der Waals surface area (Å²) in [5.74, 6) is -0.502. The van der Waals surface area contributed by atoms with Crippen molar-refractivity contribution in [2.75, 3.05) is 20.3 Å². The van der Waals surface area contributed by atoms with Crippen molar-refractivity contribution in [3.63, 3.8) is 0 Å². The van der Waals surface area contributed by atoms with Crippen molar-refractivity contribution >= 4 is 15.9 Å². The Labute approximate surface area is 116 Å². The van der Waals surface area contributed by atoms with Gasteiger partial charge in [-0.15, -0.1) is 0 Å². The van der Waals surface area contributed by atoms with E-state index in [0.29, 0.717) is 6.61 Å². The zero-order chi connectivity index (χ0) is 15.2. The van der Waals surface area contributed by atoms with E-state index in [-0.39, 0.29) is 6.54 Å². The van der Waals surface area contributed by atoms with Crippen molar-refractivity contribution in [1.29, 1.82) is 0 Å². The van der Waals surface area contributed by atoms with Gasteiger partial charge in [0.05, 0.1) is 12.6 Å². The first-order valence-corrected chi connectivity index (χ1v) is 7.33. The molecule has 9 heteroatoms. The zero-order valence-corrected chi connectivity index (χ0v) is 12.0. The topological polar surface area (TPSA) is 117 Å². The molecule has 112 valence electrons. The van der Waals surface area contributed by atoms with Crippen molar-refractivity contribution in [3.8, 4) is 0 Å². The summed E-state index contributed by atoms with van der Waals surface area (Å²) in [5, 5.41) is 2.50. The van der Waals surface area contributed by atoms with Crippen LogP contribution >= 0.6 is 0 Å². The van der Waals surface area contributed by atoms with Crippen LogP contribution in [-0.2, 0) is 19.6 Å². The van der Waals surface area contributed by atoms with Gasteiger partial charge in [-0.3, -0.25) is 9.59 Å². The Bertz CT molecular complexity index is 610. The fourth-order valence-corrected chi connectivity index (χ4v) is 2.65. The van der Waals surface area contributed by atoms with Gasteiger partial charge in [0.1, 0.15) is 4.90 Å². The molecule has 20 heavy (non-hydrogen) atoms. The van der Waals surface area contributed by atoms with Crippen molar-refractivity contribution in [3.05, 3.63) is 28.7 Å². The molecular weight excluding hydrogens is 286 g/mol. The van der Waals surface area contributed by atoms with E-state index < -0.39 is 32.3 Å². The summed E-state index contributed by atoms with van der Waals surface area (Å²) in [7, 11) is -2.57. The highest BCUT2D eigenvalue weighted by molar-refractivity contribution is 7.89. The van der Waals surface area contributed by atoms with E-state index in [0.717, 1.165) is 12.3 Å². The van der Waals surface area contributed by atoms with Gasteiger partial charge in [-0.05, 0) is 6.92 Å². The van der Waals surface area contributed by atoms with Crippen LogP contribution in [0.15, 0.2) is 28.2 Å². The van der Waals surface area contributed by atoms with Crippen LogP contribution in [0.5, 0.6) is 0 Å². The minimum absolute atomic E-state index is 0.271. The van der Waals surface area contributed by atoms with E-state index in [1.54, 1.807) is 0 Å². The highest BCUT2D eigenvalue weighted by Gasteiger charge is 2.23. The SMILES string of the molecule is COCCNC(=O)C(C)NS(=O)(=O)c1c[nH]ccc1=O. The van der Waals surface area contributed by atoms with Gasteiger partial charge in [0, 0.05) is 32.1 Å². The average molecular weight is 303 g/mol. The molecule has 0 radical (unpaired) electrons. The normalized spacial score (nSPS) is 12.9. The lowest BCUT2D eigenvalue weighted by Crippen LogP contribution is -2.46. The number of carbonyl (C=O) groups is 1. The number of amides is 1. The number of H-pyrrole nitrogens is 1. The smallest absolute Gasteiger partial charge is 0.246 e. The first-order chi connectivity index (χ1) is 9.38. The third-order valence-corrected chi connectivity index (χ3v) is 3.97. The Morgan fingerprint density at radius 1 is 1.50 bits per heavy atom. The van der Waals surface area contributed by atoms with Crippen LogP contribution in [0, 0.1) is 0 Å². The number of nitrogens with one attached hydrogen (secondary N) is 3. The third kappa shape index (κ3) is 4.44. The Balaban J connectivity index is 2.74. The zero-order valence-electron chi connectivity index (χ0n) is 11.2. The molecule has 0 aliphatic carbocycles. The second-order valence-corrected chi connectivity index (χ2v) is 5.68. The number of aromatic amines is 1. The predicted octanol–water partition coefficient (Wildman–Crippen LogP) is -1.20. The highest BCUT2D eigenvalue weighted by Crippen LogP contribution is 2.01. The molecule has 1 unspecified atom stereocenters. The molecule has 8 nitrogen and oxygen atoms in total. The maximum atomic E-state index is 12.0. The fraction of sp³-hybridized carbons (Fsp3) is 0.455. The van der Waals surface area contributed by atoms with Crippen LogP contribution in [0.4, 0.5) is 0 Å². The molecule has 1 amide bonds. The Morgan fingerprint density at radius 3 is 2.80 bits per heavy atom.